The Morgan fingerprint density at radius 1 is 1.09 bits per heavy atom. The zero-order valence-corrected chi connectivity index (χ0v) is 18.9. The molecule has 1 fully saturated rings. The number of nitrogens with one attached hydrogen (secondary N) is 2. The normalized spacial score (nSPS) is 18.4. The van der Waals surface area contributed by atoms with Crippen LogP contribution in [0.5, 0.6) is 0 Å². The Hall–Kier alpha value is -2.80. The Morgan fingerprint density at radius 3 is 2.45 bits per heavy atom. The molecule has 2 aromatic carbocycles. The number of halogens is 3. The van der Waals surface area contributed by atoms with E-state index in [1.165, 1.54) is 18.2 Å². The number of fused-ring (bicyclic) bond motifs is 1. The van der Waals surface area contributed by atoms with Crippen molar-refractivity contribution >= 4 is 16.8 Å². The number of carbonyl (C=O) groups is 1. The van der Waals surface area contributed by atoms with Crippen molar-refractivity contribution < 1.29 is 23.1 Å². The minimum Gasteiger partial charge on any atom is -0.389 e. The molecule has 0 radical (unpaired) electrons. The van der Waals surface area contributed by atoms with Crippen LogP contribution in [0, 0.1) is 29.3 Å². The van der Waals surface area contributed by atoms with Crippen LogP contribution < -0.4 is 5.32 Å². The van der Waals surface area contributed by atoms with E-state index in [0.717, 1.165) is 36.5 Å². The molecule has 0 aliphatic heterocycles. The largest absolute Gasteiger partial charge is 0.389 e. The minimum absolute atomic E-state index is 0.0678. The molecular formula is C26H29F3N2O2. The third kappa shape index (κ3) is 5.58. The monoisotopic (exact) mass is 458 g/mol. The fourth-order valence-electron chi connectivity index (χ4n) is 4.65. The fraction of sp³-hybridized carbons (Fsp3) is 0.423. The van der Waals surface area contributed by atoms with Gasteiger partial charge in [-0.2, -0.15) is 0 Å². The van der Waals surface area contributed by atoms with Crippen LogP contribution in [0.4, 0.5) is 13.2 Å². The summed E-state index contributed by atoms with van der Waals surface area (Å²) in [5, 5.41) is 13.0. The van der Waals surface area contributed by atoms with Crippen molar-refractivity contribution in [2.24, 2.45) is 11.8 Å². The quantitative estimate of drug-likeness (QED) is 0.418. The standard InChI is InChI=1S/C26H29F3N2O2/c1-26(2,33)14-30-23(32)8-3-15-9-16(10-15)11-20-21-12-19(28)13-22(29)25(21)31-24(20)17-4-6-18(27)7-5-17/h4-7,12-13,15-16,31,33H,3,8-11,14H2,1-2H3,(H,30,32). The molecule has 4 nitrogen and oxygen atoms in total. The highest BCUT2D eigenvalue weighted by atomic mass is 19.1. The van der Waals surface area contributed by atoms with E-state index in [0.29, 0.717) is 35.8 Å². The Balaban J connectivity index is 1.44. The average molecular weight is 459 g/mol. The summed E-state index contributed by atoms with van der Waals surface area (Å²) in [6, 6.07) is 8.18. The van der Waals surface area contributed by atoms with Crippen molar-refractivity contribution in [2.75, 3.05) is 6.54 Å². The first-order valence-electron chi connectivity index (χ1n) is 11.3. The van der Waals surface area contributed by atoms with Gasteiger partial charge in [0.25, 0.3) is 0 Å². The van der Waals surface area contributed by atoms with Gasteiger partial charge >= 0.3 is 0 Å². The van der Waals surface area contributed by atoms with Crippen LogP contribution >= 0.6 is 0 Å². The number of aliphatic hydroxyl groups is 1. The predicted octanol–water partition coefficient (Wildman–Crippen LogP) is 5.49. The third-order valence-electron chi connectivity index (χ3n) is 6.39. The van der Waals surface area contributed by atoms with E-state index in [1.54, 1.807) is 26.0 Å². The van der Waals surface area contributed by atoms with Crippen molar-refractivity contribution in [2.45, 2.75) is 51.6 Å². The first-order valence-corrected chi connectivity index (χ1v) is 11.3. The van der Waals surface area contributed by atoms with Gasteiger partial charge in [0.2, 0.25) is 5.91 Å². The van der Waals surface area contributed by atoms with Gasteiger partial charge in [-0.15, -0.1) is 0 Å². The van der Waals surface area contributed by atoms with Gasteiger partial charge in [0, 0.05) is 30.1 Å². The summed E-state index contributed by atoms with van der Waals surface area (Å²) in [6.07, 6.45) is 3.71. The summed E-state index contributed by atoms with van der Waals surface area (Å²) in [4.78, 5) is 15.1. The van der Waals surface area contributed by atoms with Gasteiger partial charge in [0.1, 0.15) is 17.5 Å². The van der Waals surface area contributed by atoms with E-state index in [9.17, 15) is 23.1 Å². The fourth-order valence-corrected chi connectivity index (χ4v) is 4.65. The maximum atomic E-state index is 14.4. The van der Waals surface area contributed by atoms with Crippen LogP contribution in [0.3, 0.4) is 0 Å². The summed E-state index contributed by atoms with van der Waals surface area (Å²) < 4.78 is 41.9. The van der Waals surface area contributed by atoms with Gasteiger partial charge in [-0.1, -0.05) is 0 Å². The van der Waals surface area contributed by atoms with E-state index in [2.05, 4.69) is 10.3 Å². The summed E-state index contributed by atoms with van der Waals surface area (Å²) in [6.45, 7) is 3.51. The molecule has 7 heteroatoms. The van der Waals surface area contributed by atoms with E-state index in [1.807, 2.05) is 0 Å². The molecule has 0 saturated heterocycles. The van der Waals surface area contributed by atoms with E-state index >= 15 is 0 Å². The number of amides is 1. The number of rotatable bonds is 8. The van der Waals surface area contributed by atoms with Crippen LogP contribution in [0.2, 0.25) is 0 Å². The van der Waals surface area contributed by atoms with E-state index < -0.39 is 17.2 Å². The molecule has 33 heavy (non-hydrogen) atoms. The Kier molecular flexibility index (Phi) is 6.52. The number of aromatic nitrogens is 1. The second-order valence-corrected chi connectivity index (χ2v) is 9.83. The Morgan fingerprint density at radius 2 is 1.79 bits per heavy atom. The molecule has 3 N–H and O–H groups in total. The number of benzene rings is 2. The first-order chi connectivity index (χ1) is 15.6. The van der Waals surface area contributed by atoms with Gasteiger partial charge in [-0.25, -0.2) is 13.2 Å². The van der Waals surface area contributed by atoms with Crippen LogP contribution in [0.1, 0.15) is 45.1 Å². The summed E-state index contributed by atoms with van der Waals surface area (Å²) in [7, 11) is 0. The van der Waals surface area contributed by atoms with Gasteiger partial charge < -0.3 is 15.4 Å². The van der Waals surface area contributed by atoms with Crippen molar-refractivity contribution in [3.8, 4) is 11.3 Å². The van der Waals surface area contributed by atoms with Crippen LogP contribution in [-0.2, 0) is 11.2 Å². The molecule has 176 valence electrons. The lowest BCUT2D eigenvalue weighted by Crippen LogP contribution is -2.38. The molecule has 1 heterocycles. The lowest BCUT2D eigenvalue weighted by atomic mass is 9.70. The molecule has 3 aromatic rings. The van der Waals surface area contributed by atoms with Crippen LogP contribution in [0.15, 0.2) is 36.4 Å². The van der Waals surface area contributed by atoms with Crippen LogP contribution in [0.25, 0.3) is 22.2 Å². The molecule has 1 amide bonds. The molecule has 0 spiro atoms. The number of H-pyrrole nitrogens is 1. The molecule has 0 bridgehead atoms. The van der Waals surface area contributed by atoms with Gasteiger partial charge in [0.15, 0.2) is 0 Å². The summed E-state index contributed by atoms with van der Waals surface area (Å²) >= 11 is 0. The average Bonchev–Trinajstić information content (AvgIpc) is 3.06. The second kappa shape index (κ2) is 9.21. The molecule has 0 unspecified atom stereocenters. The smallest absolute Gasteiger partial charge is 0.220 e. The highest BCUT2D eigenvalue weighted by molar-refractivity contribution is 5.91. The van der Waals surface area contributed by atoms with Crippen molar-refractivity contribution in [1.29, 1.82) is 0 Å². The molecule has 1 aliphatic rings. The topological polar surface area (TPSA) is 65.1 Å². The molecule has 1 aromatic heterocycles. The molecule has 4 rings (SSSR count). The number of hydrogen-bond donors (Lipinski definition) is 3. The first kappa shape index (κ1) is 23.4. The molecule has 1 aliphatic carbocycles. The lowest BCUT2D eigenvalue weighted by Gasteiger charge is -2.35. The summed E-state index contributed by atoms with van der Waals surface area (Å²) in [5.74, 6) is -0.934. The van der Waals surface area contributed by atoms with Gasteiger partial charge in [-0.05, 0) is 92.8 Å². The maximum Gasteiger partial charge on any atom is 0.220 e. The van der Waals surface area contributed by atoms with Gasteiger partial charge in [-0.3, -0.25) is 4.79 Å². The molecule has 0 atom stereocenters. The van der Waals surface area contributed by atoms with Crippen molar-refractivity contribution in [3.05, 3.63) is 59.4 Å². The van der Waals surface area contributed by atoms with Gasteiger partial charge in [0.05, 0.1) is 11.1 Å². The number of aromatic amines is 1. The molecular weight excluding hydrogens is 429 g/mol. The second-order valence-electron chi connectivity index (χ2n) is 9.83. The lowest BCUT2D eigenvalue weighted by molar-refractivity contribution is -0.122. The highest BCUT2D eigenvalue weighted by Gasteiger charge is 2.31. The highest BCUT2D eigenvalue weighted by Crippen LogP contribution is 2.42. The SMILES string of the molecule is CC(C)(O)CNC(=O)CCC1CC(Cc2c(-c3ccc(F)cc3)[nH]c3c(F)cc(F)cc23)C1. The minimum atomic E-state index is -0.933. The van der Waals surface area contributed by atoms with Crippen molar-refractivity contribution in [3.63, 3.8) is 0 Å². The zero-order chi connectivity index (χ0) is 23.8. The predicted molar refractivity (Wildman–Crippen MR) is 122 cm³/mol. The Bertz CT molecular complexity index is 1140. The van der Waals surface area contributed by atoms with E-state index in [4.69, 9.17) is 0 Å². The molecule has 1 saturated carbocycles. The Labute approximate surface area is 191 Å². The van der Waals surface area contributed by atoms with E-state index in [-0.39, 0.29) is 23.8 Å². The van der Waals surface area contributed by atoms with Crippen LogP contribution in [-0.4, -0.2) is 28.1 Å². The van der Waals surface area contributed by atoms with Crippen molar-refractivity contribution in [1.82, 2.24) is 10.3 Å². The zero-order valence-electron chi connectivity index (χ0n) is 18.9. The summed E-state index contributed by atoms with van der Waals surface area (Å²) in [5.41, 5.74) is 1.56. The number of carbonyl (C=O) groups excluding carboxylic acids is 1. The number of hydrogen-bond acceptors (Lipinski definition) is 2. The maximum absolute atomic E-state index is 14.4. The third-order valence-corrected chi connectivity index (χ3v) is 6.39.